The third kappa shape index (κ3) is 4.86. The van der Waals surface area contributed by atoms with Gasteiger partial charge in [0.15, 0.2) is 0 Å². The van der Waals surface area contributed by atoms with Crippen LogP contribution in [-0.2, 0) is 16.0 Å². The zero-order chi connectivity index (χ0) is 20.1. The molecular weight excluding hydrogens is 378 g/mol. The van der Waals surface area contributed by atoms with Gasteiger partial charge in [0.05, 0.1) is 7.11 Å². The molecule has 2 aliphatic heterocycles. The van der Waals surface area contributed by atoms with Crippen LogP contribution >= 0.6 is 11.6 Å². The molecule has 0 radical (unpaired) electrons. The van der Waals surface area contributed by atoms with Gasteiger partial charge >= 0.3 is 0 Å². The first-order valence-corrected chi connectivity index (χ1v) is 10.1. The van der Waals surface area contributed by atoms with Gasteiger partial charge in [-0.15, -0.1) is 0 Å². The van der Waals surface area contributed by atoms with Gasteiger partial charge in [0.25, 0.3) is 0 Å². The van der Waals surface area contributed by atoms with Crippen molar-refractivity contribution in [3.63, 3.8) is 0 Å². The number of halogens is 1. The average Bonchev–Trinajstić information content (AvgIpc) is 3.22. The summed E-state index contributed by atoms with van der Waals surface area (Å²) in [7, 11) is 1.61. The molecule has 0 saturated carbocycles. The van der Waals surface area contributed by atoms with Crippen molar-refractivity contribution in [1.82, 2.24) is 14.7 Å². The van der Waals surface area contributed by atoms with E-state index < -0.39 is 0 Å². The third-order valence-corrected chi connectivity index (χ3v) is 5.93. The molecule has 0 spiro atoms. The van der Waals surface area contributed by atoms with Crippen molar-refractivity contribution in [2.45, 2.75) is 25.3 Å². The van der Waals surface area contributed by atoms with E-state index >= 15 is 0 Å². The minimum Gasteiger partial charge on any atom is -0.496 e. The summed E-state index contributed by atoms with van der Waals surface area (Å²) in [6.07, 6.45) is 3.47. The van der Waals surface area contributed by atoms with Gasteiger partial charge in [-0.2, -0.15) is 0 Å². The molecule has 0 N–H and O–H groups in total. The summed E-state index contributed by atoms with van der Waals surface area (Å²) >= 11 is 6.00. The van der Waals surface area contributed by atoms with Crippen LogP contribution in [-0.4, -0.2) is 78.9 Å². The first-order valence-electron chi connectivity index (χ1n) is 9.77. The fraction of sp³-hybridized carbons (Fsp3) is 0.524. The number of carbonyl (C=O) groups excluding carboxylic acids is 2. The number of likely N-dealkylation sites (tertiary alicyclic amines) is 1. The highest BCUT2D eigenvalue weighted by Crippen LogP contribution is 2.25. The minimum absolute atomic E-state index is 0.00828. The second-order valence-corrected chi connectivity index (χ2v) is 7.74. The molecule has 1 atom stereocenters. The summed E-state index contributed by atoms with van der Waals surface area (Å²) in [5.74, 6) is 0.908. The monoisotopic (exact) mass is 405 g/mol. The number of methoxy groups -OCH3 is 1. The Morgan fingerprint density at radius 3 is 2.64 bits per heavy atom. The first-order chi connectivity index (χ1) is 13.5. The molecule has 2 aliphatic rings. The second-order valence-electron chi connectivity index (χ2n) is 7.30. The van der Waals surface area contributed by atoms with Crippen molar-refractivity contribution >= 4 is 23.4 Å². The van der Waals surface area contributed by atoms with Crippen LogP contribution in [0.2, 0.25) is 5.02 Å². The van der Waals surface area contributed by atoms with Gasteiger partial charge in [0.1, 0.15) is 5.75 Å². The molecule has 3 rings (SSSR count). The maximum atomic E-state index is 12.6. The van der Waals surface area contributed by atoms with Gasteiger partial charge in [-0.25, -0.2) is 0 Å². The molecule has 1 aromatic carbocycles. The molecule has 2 saturated heterocycles. The third-order valence-electron chi connectivity index (χ3n) is 5.69. The van der Waals surface area contributed by atoms with E-state index in [-0.39, 0.29) is 11.8 Å². The van der Waals surface area contributed by atoms with Gasteiger partial charge in [-0.1, -0.05) is 24.2 Å². The number of hydrogen-bond acceptors (Lipinski definition) is 4. The Bertz CT molecular complexity index is 732. The number of amides is 2. The van der Waals surface area contributed by atoms with E-state index in [0.717, 1.165) is 57.0 Å². The molecule has 2 heterocycles. The van der Waals surface area contributed by atoms with E-state index in [1.807, 2.05) is 21.9 Å². The lowest BCUT2D eigenvalue weighted by molar-refractivity contribution is -0.133. The lowest BCUT2D eigenvalue weighted by atomic mass is 10.1. The number of carbonyl (C=O) groups is 2. The average molecular weight is 406 g/mol. The van der Waals surface area contributed by atoms with Crippen molar-refractivity contribution in [2.75, 3.05) is 46.4 Å². The highest BCUT2D eigenvalue weighted by Gasteiger charge is 2.32. The van der Waals surface area contributed by atoms with E-state index in [2.05, 4.69) is 11.5 Å². The lowest BCUT2D eigenvalue weighted by Crippen LogP contribution is -2.52. The zero-order valence-electron chi connectivity index (χ0n) is 16.4. The maximum absolute atomic E-state index is 12.6. The van der Waals surface area contributed by atoms with Crippen LogP contribution in [0.1, 0.15) is 18.4 Å². The fourth-order valence-corrected chi connectivity index (χ4v) is 4.19. The molecule has 0 aromatic heterocycles. The van der Waals surface area contributed by atoms with E-state index in [1.165, 1.54) is 6.08 Å². The summed E-state index contributed by atoms with van der Waals surface area (Å²) in [5, 5.41) is 0.628. The number of hydrogen-bond donors (Lipinski definition) is 0. The lowest BCUT2D eigenvalue weighted by Gasteiger charge is -2.38. The normalized spacial score (nSPS) is 20.3. The van der Waals surface area contributed by atoms with Crippen molar-refractivity contribution in [3.8, 4) is 5.75 Å². The topological polar surface area (TPSA) is 53.1 Å². The standard InChI is InChI=1S/C21H28ClN3O3/c1-3-20(26)25-9-8-18(15-25)23-10-12-24(13-11-23)21(27)7-5-16-4-6-17(22)14-19(16)28-2/h3-4,6,14,18H,1,5,7-13,15H2,2H3. The second kappa shape index (κ2) is 9.43. The van der Waals surface area contributed by atoms with Gasteiger partial charge in [-0.05, 0) is 36.6 Å². The number of ether oxygens (including phenoxy) is 1. The molecule has 0 bridgehead atoms. The van der Waals surface area contributed by atoms with E-state index in [9.17, 15) is 9.59 Å². The summed E-state index contributed by atoms with van der Waals surface area (Å²) in [6.45, 7) is 8.30. The zero-order valence-corrected chi connectivity index (χ0v) is 17.2. The molecule has 2 fully saturated rings. The van der Waals surface area contributed by atoms with E-state index in [1.54, 1.807) is 13.2 Å². The van der Waals surface area contributed by atoms with Crippen LogP contribution < -0.4 is 4.74 Å². The molecule has 1 unspecified atom stereocenters. The summed E-state index contributed by atoms with van der Waals surface area (Å²) in [6, 6.07) is 5.91. The van der Waals surface area contributed by atoms with E-state index in [4.69, 9.17) is 16.3 Å². The molecule has 0 aliphatic carbocycles. The Morgan fingerprint density at radius 1 is 1.21 bits per heavy atom. The highest BCUT2D eigenvalue weighted by atomic mass is 35.5. The van der Waals surface area contributed by atoms with Crippen LogP contribution in [0, 0.1) is 0 Å². The Hall–Kier alpha value is -2.05. The first kappa shape index (κ1) is 20.7. The van der Waals surface area contributed by atoms with Crippen LogP contribution in [0.25, 0.3) is 0 Å². The Labute approximate surface area is 171 Å². The summed E-state index contributed by atoms with van der Waals surface area (Å²) in [5.41, 5.74) is 0.997. The Morgan fingerprint density at radius 2 is 1.96 bits per heavy atom. The van der Waals surface area contributed by atoms with Crippen molar-refractivity contribution in [2.24, 2.45) is 0 Å². The quantitative estimate of drug-likeness (QED) is 0.681. The molecule has 6 nitrogen and oxygen atoms in total. The molecule has 7 heteroatoms. The number of nitrogens with zero attached hydrogens (tertiary/aromatic N) is 3. The Kier molecular flexibility index (Phi) is 6.97. The van der Waals surface area contributed by atoms with Crippen LogP contribution in [0.15, 0.2) is 30.9 Å². The van der Waals surface area contributed by atoms with Crippen molar-refractivity contribution in [3.05, 3.63) is 41.4 Å². The minimum atomic E-state index is 0.00828. The number of aryl methyl sites for hydroxylation is 1. The van der Waals surface area contributed by atoms with E-state index in [0.29, 0.717) is 23.9 Å². The highest BCUT2D eigenvalue weighted by molar-refractivity contribution is 6.30. The van der Waals surface area contributed by atoms with Crippen LogP contribution in [0.4, 0.5) is 0 Å². The predicted octanol–water partition coefficient (Wildman–Crippen LogP) is 2.21. The van der Waals surface area contributed by atoms with Crippen LogP contribution in [0.5, 0.6) is 5.75 Å². The molecule has 28 heavy (non-hydrogen) atoms. The summed E-state index contributed by atoms with van der Waals surface area (Å²) < 4.78 is 5.36. The maximum Gasteiger partial charge on any atom is 0.246 e. The van der Waals surface area contributed by atoms with Crippen molar-refractivity contribution in [1.29, 1.82) is 0 Å². The fourth-order valence-electron chi connectivity index (χ4n) is 4.03. The number of benzene rings is 1. The SMILES string of the molecule is C=CC(=O)N1CCC(N2CCN(C(=O)CCc3ccc(Cl)cc3OC)CC2)C1. The van der Waals surface area contributed by atoms with Crippen LogP contribution in [0.3, 0.4) is 0 Å². The molecule has 152 valence electrons. The molecular formula is C21H28ClN3O3. The number of rotatable bonds is 6. The largest absolute Gasteiger partial charge is 0.496 e. The molecule has 2 amide bonds. The smallest absolute Gasteiger partial charge is 0.246 e. The predicted molar refractivity (Wildman–Crippen MR) is 110 cm³/mol. The van der Waals surface area contributed by atoms with Gasteiger partial charge in [0, 0.05) is 56.8 Å². The molecule has 1 aromatic rings. The van der Waals surface area contributed by atoms with Crippen molar-refractivity contribution < 1.29 is 14.3 Å². The van der Waals surface area contributed by atoms with Gasteiger partial charge in [0.2, 0.25) is 11.8 Å². The van der Waals surface area contributed by atoms with Gasteiger partial charge < -0.3 is 14.5 Å². The summed E-state index contributed by atoms with van der Waals surface area (Å²) in [4.78, 5) is 30.6. The van der Waals surface area contributed by atoms with Gasteiger partial charge in [-0.3, -0.25) is 14.5 Å². The number of piperazine rings is 1. The Balaban J connectivity index is 1.45.